The van der Waals surface area contributed by atoms with Crippen LogP contribution in [0.1, 0.15) is 58.3 Å². The molecule has 1 unspecified atom stereocenters. The lowest BCUT2D eigenvalue weighted by Crippen LogP contribution is -2.28. The molecule has 2 aliphatic rings. The summed E-state index contributed by atoms with van der Waals surface area (Å²) in [6, 6.07) is 15.0. The molecule has 1 aromatic heterocycles. The largest absolute Gasteiger partial charge is 0.392 e. The van der Waals surface area contributed by atoms with Crippen molar-refractivity contribution in [2.24, 2.45) is 0 Å². The van der Waals surface area contributed by atoms with Gasteiger partial charge in [0.05, 0.1) is 6.61 Å². The predicted molar refractivity (Wildman–Crippen MR) is 120 cm³/mol. The van der Waals surface area contributed by atoms with Crippen LogP contribution < -0.4 is 0 Å². The second-order valence-corrected chi connectivity index (χ2v) is 9.60. The Morgan fingerprint density at radius 2 is 1.97 bits per heavy atom. The molecule has 0 bridgehead atoms. The third-order valence-corrected chi connectivity index (χ3v) is 7.19. The summed E-state index contributed by atoms with van der Waals surface area (Å²) in [7, 11) is 0. The second-order valence-electron chi connectivity index (χ2n) is 8.16. The molecule has 2 heterocycles. The zero-order chi connectivity index (χ0) is 20.7. The van der Waals surface area contributed by atoms with Crippen molar-refractivity contribution < 1.29 is 9.90 Å². The van der Waals surface area contributed by atoms with Crippen LogP contribution in [0, 0.1) is 0 Å². The molecule has 1 amide bonds. The number of carbonyl (C=O) groups is 1. The van der Waals surface area contributed by atoms with E-state index in [1.165, 1.54) is 35.3 Å². The number of halogens is 1. The Labute approximate surface area is 185 Å². The molecule has 0 spiro atoms. The van der Waals surface area contributed by atoms with Gasteiger partial charge in [-0.1, -0.05) is 48.0 Å². The van der Waals surface area contributed by atoms with E-state index in [4.69, 9.17) is 11.6 Å². The number of rotatable bonds is 5. The molecule has 5 rings (SSSR count). The van der Waals surface area contributed by atoms with Crippen molar-refractivity contribution >= 4 is 28.8 Å². The number of aliphatic hydroxyl groups excluding tert-OH is 1. The summed E-state index contributed by atoms with van der Waals surface area (Å²) in [5, 5.41) is 11.8. The van der Waals surface area contributed by atoms with E-state index in [9.17, 15) is 9.90 Å². The number of amides is 1. The normalized spacial score (nSPS) is 18.7. The molecule has 6 heteroatoms. The zero-order valence-electron chi connectivity index (χ0n) is 16.6. The number of nitrogens with zero attached hydrogens (tertiary/aromatic N) is 2. The first-order chi connectivity index (χ1) is 14.6. The molecule has 3 aromatic rings. The Bertz CT molecular complexity index is 1090. The van der Waals surface area contributed by atoms with E-state index in [-0.39, 0.29) is 18.4 Å². The highest BCUT2D eigenvalue weighted by atomic mass is 35.5. The highest BCUT2D eigenvalue weighted by molar-refractivity contribution is 7.14. The predicted octanol–water partition coefficient (Wildman–Crippen LogP) is 5.46. The van der Waals surface area contributed by atoms with Gasteiger partial charge in [-0.25, -0.2) is 4.98 Å². The molecule has 1 aliphatic heterocycles. The molecule has 2 fully saturated rings. The summed E-state index contributed by atoms with van der Waals surface area (Å²) >= 11 is 7.16. The van der Waals surface area contributed by atoms with Crippen molar-refractivity contribution in [3.63, 3.8) is 0 Å². The minimum atomic E-state index is -0.0684. The van der Waals surface area contributed by atoms with Crippen molar-refractivity contribution in [1.29, 1.82) is 0 Å². The molecular weight excluding hydrogens is 416 g/mol. The fourth-order valence-corrected chi connectivity index (χ4v) is 5.27. The summed E-state index contributed by atoms with van der Waals surface area (Å²) in [5.74, 6) is 0.825. The van der Waals surface area contributed by atoms with Gasteiger partial charge in [0.2, 0.25) is 0 Å². The maximum atomic E-state index is 12.7. The maximum Gasteiger partial charge on any atom is 0.273 e. The molecule has 1 atom stereocenters. The number of thiazole rings is 1. The summed E-state index contributed by atoms with van der Waals surface area (Å²) in [6.45, 7) is 1.33. The molecule has 1 aliphatic carbocycles. The van der Waals surface area contributed by atoms with Gasteiger partial charge in [-0.2, -0.15) is 0 Å². The van der Waals surface area contributed by atoms with E-state index in [1.807, 2.05) is 4.90 Å². The standard InChI is InChI=1S/C24H23ClN2O2S/c25-24-26-22(14-30-24)23(29)27-10-9-17(12-27)19-8-7-16(11-18(19)13-28)21-4-2-1-3-20(21)15-5-6-15/h1-4,7-8,11,14-15,17,28H,5-6,9-10,12-13H2. The first-order valence-electron chi connectivity index (χ1n) is 10.4. The van der Waals surface area contributed by atoms with Gasteiger partial charge in [0.15, 0.2) is 4.47 Å². The van der Waals surface area contributed by atoms with E-state index in [2.05, 4.69) is 47.4 Å². The van der Waals surface area contributed by atoms with Crippen LogP contribution in [-0.2, 0) is 6.61 Å². The van der Waals surface area contributed by atoms with Crippen LogP contribution in [0.3, 0.4) is 0 Å². The van der Waals surface area contributed by atoms with Crippen molar-refractivity contribution in [3.05, 3.63) is 74.7 Å². The van der Waals surface area contributed by atoms with Gasteiger partial charge < -0.3 is 10.0 Å². The maximum absolute atomic E-state index is 12.7. The minimum Gasteiger partial charge on any atom is -0.392 e. The van der Waals surface area contributed by atoms with Gasteiger partial charge in [0.25, 0.3) is 5.91 Å². The number of hydrogen-bond acceptors (Lipinski definition) is 4. The third-order valence-electron chi connectivity index (χ3n) is 6.21. The highest BCUT2D eigenvalue weighted by Crippen LogP contribution is 2.44. The molecular formula is C24H23ClN2O2S. The van der Waals surface area contributed by atoms with Crippen molar-refractivity contribution in [3.8, 4) is 11.1 Å². The first kappa shape index (κ1) is 19.7. The third kappa shape index (κ3) is 3.78. The number of aliphatic hydroxyl groups is 1. The molecule has 4 nitrogen and oxygen atoms in total. The number of benzene rings is 2. The van der Waals surface area contributed by atoms with Crippen LogP contribution in [-0.4, -0.2) is 34.0 Å². The number of likely N-dealkylation sites (tertiary alicyclic amines) is 1. The number of hydrogen-bond donors (Lipinski definition) is 1. The fraction of sp³-hybridized carbons (Fsp3) is 0.333. The lowest BCUT2D eigenvalue weighted by molar-refractivity contribution is 0.0785. The van der Waals surface area contributed by atoms with Crippen molar-refractivity contribution in [1.82, 2.24) is 9.88 Å². The average molecular weight is 439 g/mol. The lowest BCUT2D eigenvalue weighted by atomic mass is 9.89. The van der Waals surface area contributed by atoms with Crippen molar-refractivity contribution in [2.45, 2.75) is 37.7 Å². The monoisotopic (exact) mass is 438 g/mol. The molecule has 1 N–H and O–H groups in total. The van der Waals surface area contributed by atoms with Gasteiger partial charge >= 0.3 is 0 Å². The van der Waals surface area contributed by atoms with Crippen LogP contribution in [0.15, 0.2) is 47.8 Å². The van der Waals surface area contributed by atoms with E-state index < -0.39 is 0 Å². The molecule has 30 heavy (non-hydrogen) atoms. The summed E-state index contributed by atoms with van der Waals surface area (Å²) < 4.78 is 0.388. The Hall–Kier alpha value is -2.21. The summed E-state index contributed by atoms with van der Waals surface area (Å²) in [5.41, 5.74) is 6.35. The van der Waals surface area contributed by atoms with Crippen LogP contribution >= 0.6 is 22.9 Å². The molecule has 1 saturated carbocycles. The van der Waals surface area contributed by atoms with E-state index in [0.717, 1.165) is 23.1 Å². The van der Waals surface area contributed by atoms with Crippen LogP contribution in [0.25, 0.3) is 11.1 Å². The first-order valence-corrected chi connectivity index (χ1v) is 11.6. The number of carbonyl (C=O) groups excluding carboxylic acids is 1. The van der Waals surface area contributed by atoms with E-state index in [0.29, 0.717) is 29.2 Å². The van der Waals surface area contributed by atoms with Gasteiger partial charge in [-0.3, -0.25) is 4.79 Å². The highest BCUT2D eigenvalue weighted by Gasteiger charge is 2.31. The van der Waals surface area contributed by atoms with Crippen molar-refractivity contribution in [2.75, 3.05) is 13.1 Å². The summed E-state index contributed by atoms with van der Waals surface area (Å²) in [6.07, 6.45) is 3.41. The SMILES string of the molecule is O=C(c1csc(Cl)n1)N1CCC(c2ccc(-c3ccccc3C3CC3)cc2CO)C1. The van der Waals surface area contributed by atoms with Crippen LogP contribution in [0.4, 0.5) is 0 Å². The van der Waals surface area contributed by atoms with Gasteiger partial charge in [-0.15, -0.1) is 11.3 Å². The smallest absolute Gasteiger partial charge is 0.273 e. The molecule has 2 aromatic carbocycles. The molecule has 154 valence electrons. The lowest BCUT2D eigenvalue weighted by Gasteiger charge is -2.18. The van der Waals surface area contributed by atoms with Crippen LogP contribution in [0.5, 0.6) is 0 Å². The molecule has 0 radical (unpaired) electrons. The van der Waals surface area contributed by atoms with E-state index >= 15 is 0 Å². The van der Waals surface area contributed by atoms with Gasteiger partial charge in [0.1, 0.15) is 5.69 Å². The zero-order valence-corrected chi connectivity index (χ0v) is 18.1. The Kier molecular flexibility index (Phi) is 5.35. The van der Waals surface area contributed by atoms with Crippen LogP contribution in [0.2, 0.25) is 4.47 Å². The fourth-order valence-electron chi connectivity index (χ4n) is 4.53. The number of aromatic nitrogens is 1. The Balaban J connectivity index is 1.39. The van der Waals surface area contributed by atoms with E-state index in [1.54, 1.807) is 5.38 Å². The quantitative estimate of drug-likeness (QED) is 0.575. The Morgan fingerprint density at radius 3 is 2.70 bits per heavy atom. The van der Waals surface area contributed by atoms with Gasteiger partial charge in [0, 0.05) is 24.4 Å². The molecule has 1 saturated heterocycles. The minimum absolute atomic E-state index is 0.000902. The topological polar surface area (TPSA) is 53.4 Å². The van der Waals surface area contributed by atoms with Gasteiger partial charge in [-0.05, 0) is 59.1 Å². The Morgan fingerprint density at radius 1 is 1.13 bits per heavy atom. The second kappa shape index (κ2) is 8.14. The summed E-state index contributed by atoms with van der Waals surface area (Å²) in [4.78, 5) is 18.7. The average Bonchev–Trinajstić information content (AvgIpc) is 3.35.